The Balaban J connectivity index is 1.95. The van der Waals surface area contributed by atoms with Crippen molar-refractivity contribution < 1.29 is 14.3 Å². The lowest BCUT2D eigenvalue weighted by atomic mass is 9.84. The van der Waals surface area contributed by atoms with Gasteiger partial charge in [0.2, 0.25) is 5.91 Å². The monoisotopic (exact) mass is 377 g/mol. The number of hydrogen-bond acceptors (Lipinski definition) is 6. The van der Waals surface area contributed by atoms with E-state index in [0.29, 0.717) is 12.3 Å². The molecule has 0 bridgehead atoms. The Morgan fingerprint density at radius 3 is 2.46 bits per heavy atom. The summed E-state index contributed by atoms with van der Waals surface area (Å²) in [5.74, 6) is 1.80. The van der Waals surface area contributed by atoms with Crippen molar-refractivity contribution in [2.45, 2.75) is 25.7 Å². The second kappa shape index (κ2) is 8.22. The summed E-state index contributed by atoms with van der Waals surface area (Å²) in [5.41, 5.74) is 0.755. The van der Waals surface area contributed by atoms with Gasteiger partial charge >= 0.3 is 0 Å². The van der Waals surface area contributed by atoms with Crippen LogP contribution in [0.2, 0.25) is 0 Å². The predicted molar refractivity (Wildman–Crippen MR) is 106 cm³/mol. The molecule has 1 heterocycles. The Morgan fingerprint density at radius 1 is 1.19 bits per heavy atom. The van der Waals surface area contributed by atoms with Gasteiger partial charge in [-0.3, -0.25) is 9.69 Å². The molecule has 0 radical (unpaired) electrons. The predicted octanol–water partition coefficient (Wildman–Crippen LogP) is 3.40. The van der Waals surface area contributed by atoms with E-state index in [1.165, 1.54) is 11.3 Å². The molecule has 142 valence electrons. The number of amides is 1. The quantitative estimate of drug-likeness (QED) is 0.706. The molecule has 3 rings (SSSR count). The number of rotatable bonds is 8. The van der Waals surface area contributed by atoms with Crippen molar-refractivity contribution in [1.29, 1.82) is 0 Å². The fraction of sp³-hybridized carbons (Fsp3) is 0.579. The van der Waals surface area contributed by atoms with Gasteiger partial charge < -0.3 is 14.4 Å². The Morgan fingerprint density at radius 2 is 1.88 bits per heavy atom. The van der Waals surface area contributed by atoms with Crippen LogP contribution in [0.25, 0.3) is 10.2 Å². The fourth-order valence-electron chi connectivity index (χ4n) is 3.11. The van der Waals surface area contributed by atoms with Crippen LogP contribution in [0.1, 0.15) is 25.7 Å². The average Bonchev–Trinajstić information content (AvgIpc) is 3.00. The van der Waals surface area contributed by atoms with Gasteiger partial charge in [-0.1, -0.05) is 17.8 Å². The van der Waals surface area contributed by atoms with Gasteiger partial charge in [-0.05, 0) is 52.0 Å². The maximum atomic E-state index is 13.0. The highest BCUT2D eigenvalue weighted by Gasteiger charge is 2.32. The summed E-state index contributed by atoms with van der Waals surface area (Å²) in [6, 6.07) is 3.74. The standard InChI is InChI=1S/C19H27N3O3S/c1-21(2)11-6-12-22(18(23)13-7-5-8-13)19-20-16-14(24-3)9-10-15(25-4)17(16)26-19/h9-10,13H,5-8,11-12H2,1-4H3. The maximum Gasteiger partial charge on any atom is 0.231 e. The number of ether oxygens (including phenoxy) is 2. The molecule has 1 aliphatic carbocycles. The molecule has 1 aromatic heterocycles. The fourth-order valence-corrected chi connectivity index (χ4v) is 4.22. The summed E-state index contributed by atoms with van der Waals surface area (Å²) in [6.45, 7) is 1.62. The Labute approximate surface area is 158 Å². The smallest absolute Gasteiger partial charge is 0.231 e. The number of benzene rings is 1. The number of carbonyl (C=O) groups is 1. The first-order chi connectivity index (χ1) is 12.5. The van der Waals surface area contributed by atoms with Gasteiger partial charge in [0.1, 0.15) is 21.7 Å². The molecule has 6 nitrogen and oxygen atoms in total. The number of fused-ring (bicyclic) bond motifs is 1. The molecule has 1 aliphatic rings. The molecular weight excluding hydrogens is 350 g/mol. The second-order valence-electron chi connectivity index (χ2n) is 6.92. The summed E-state index contributed by atoms with van der Waals surface area (Å²) in [7, 11) is 7.38. The summed E-state index contributed by atoms with van der Waals surface area (Å²) >= 11 is 1.50. The van der Waals surface area contributed by atoms with E-state index in [1.54, 1.807) is 14.2 Å². The number of carbonyl (C=O) groups excluding carboxylic acids is 1. The first kappa shape index (κ1) is 18.9. The zero-order valence-corrected chi connectivity index (χ0v) is 16.8. The van der Waals surface area contributed by atoms with Crippen molar-refractivity contribution in [3.8, 4) is 11.5 Å². The zero-order valence-electron chi connectivity index (χ0n) is 15.9. The van der Waals surface area contributed by atoms with Crippen LogP contribution < -0.4 is 14.4 Å². The van der Waals surface area contributed by atoms with Crippen molar-refractivity contribution >= 4 is 32.6 Å². The number of thiazole rings is 1. The van der Waals surface area contributed by atoms with Crippen LogP contribution in [0.4, 0.5) is 5.13 Å². The molecule has 7 heteroatoms. The van der Waals surface area contributed by atoms with Crippen molar-refractivity contribution in [1.82, 2.24) is 9.88 Å². The number of aromatic nitrogens is 1. The molecule has 0 unspecified atom stereocenters. The van der Waals surface area contributed by atoms with Crippen LogP contribution in [0.3, 0.4) is 0 Å². The second-order valence-corrected chi connectivity index (χ2v) is 7.90. The van der Waals surface area contributed by atoms with Gasteiger partial charge in [0, 0.05) is 12.5 Å². The first-order valence-electron chi connectivity index (χ1n) is 9.02. The van der Waals surface area contributed by atoms with Gasteiger partial charge in [-0.25, -0.2) is 4.98 Å². The van der Waals surface area contributed by atoms with Gasteiger partial charge in [-0.2, -0.15) is 0 Å². The van der Waals surface area contributed by atoms with Crippen LogP contribution in [0.5, 0.6) is 11.5 Å². The van der Waals surface area contributed by atoms with E-state index >= 15 is 0 Å². The van der Waals surface area contributed by atoms with Gasteiger partial charge in [0.05, 0.1) is 14.2 Å². The molecule has 0 spiro atoms. The van der Waals surface area contributed by atoms with Crippen molar-refractivity contribution in [2.24, 2.45) is 5.92 Å². The van der Waals surface area contributed by atoms with E-state index in [1.807, 2.05) is 31.1 Å². The lowest BCUT2D eigenvalue weighted by Gasteiger charge is -2.30. The molecule has 0 atom stereocenters. The molecule has 26 heavy (non-hydrogen) atoms. The SMILES string of the molecule is COc1ccc(OC)c2sc(N(CCCN(C)C)C(=O)C3CCC3)nc12. The van der Waals surface area contributed by atoms with Crippen molar-refractivity contribution in [2.75, 3.05) is 46.3 Å². The Bertz CT molecular complexity index is 730. The lowest BCUT2D eigenvalue weighted by molar-refractivity contribution is -0.124. The molecule has 1 amide bonds. The minimum atomic E-state index is 0.144. The third kappa shape index (κ3) is 3.78. The normalized spacial score (nSPS) is 14.5. The van der Waals surface area contributed by atoms with E-state index < -0.39 is 0 Å². The Kier molecular flexibility index (Phi) is 5.98. The highest BCUT2D eigenvalue weighted by Crippen LogP contribution is 2.41. The highest BCUT2D eigenvalue weighted by molar-refractivity contribution is 7.22. The van der Waals surface area contributed by atoms with Crippen LogP contribution >= 0.6 is 11.3 Å². The van der Waals surface area contributed by atoms with Crippen LogP contribution in [0, 0.1) is 5.92 Å². The molecule has 0 saturated heterocycles. The van der Waals surface area contributed by atoms with Gasteiger partial charge in [0.15, 0.2) is 5.13 Å². The summed E-state index contributed by atoms with van der Waals surface area (Å²) in [6.07, 6.45) is 4.03. The number of anilines is 1. The Hall–Kier alpha value is -1.86. The van der Waals surface area contributed by atoms with Gasteiger partial charge in [0.25, 0.3) is 0 Å². The summed E-state index contributed by atoms with van der Waals surface area (Å²) in [5, 5.41) is 0.735. The van der Waals surface area contributed by atoms with E-state index in [0.717, 1.165) is 53.3 Å². The number of nitrogens with zero attached hydrogens (tertiary/aromatic N) is 3. The molecular formula is C19H27N3O3S. The minimum absolute atomic E-state index is 0.144. The van der Waals surface area contributed by atoms with Crippen LogP contribution in [0.15, 0.2) is 12.1 Å². The molecule has 0 N–H and O–H groups in total. The molecule has 2 aromatic rings. The molecule has 1 saturated carbocycles. The minimum Gasteiger partial charge on any atom is -0.495 e. The maximum absolute atomic E-state index is 13.0. The summed E-state index contributed by atoms with van der Waals surface area (Å²) in [4.78, 5) is 21.8. The van der Waals surface area contributed by atoms with Crippen molar-refractivity contribution in [3.63, 3.8) is 0 Å². The third-order valence-corrected chi connectivity index (χ3v) is 5.93. The zero-order chi connectivity index (χ0) is 18.7. The van der Waals surface area contributed by atoms with E-state index in [4.69, 9.17) is 14.5 Å². The molecule has 0 aliphatic heterocycles. The largest absolute Gasteiger partial charge is 0.495 e. The third-order valence-electron chi connectivity index (χ3n) is 4.84. The molecule has 1 aromatic carbocycles. The topological polar surface area (TPSA) is 54.9 Å². The highest BCUT2D eigenvalue weighted by atomic mass is 32.1. The summed E-state index contributed by atoms with van der Waals surface area (Å²) < 4.78 is 11.8. The van der Waals surface area contributed by atoms with E-state index in [2.05, 4.69) is 4.90 Å². The van der Waals surface area contributed by atoms with Crippen LogP contribution in [-0.4, -0.2) is 57.2 Å². The van der Waals surface area contributed by atoms with Gasteiger partial charge in [-0.15, -0.1) is 0 Å². The number of methoxy groups -OCH3 is 2. The first-order valence-corrected chi connectivity index (χ1v) is 9.84. The van der Waals surface area contributed by atoms with E-state index in [9.17, 15) is 4.79 Å². The number of hydrogen-bond donors (Lipinski definition) is 0. The van der Waals surface area contributed by atoms with E-state index in [-0.39, 0.29) is 11.8 Å². The average molecular weight is 378 g/mol. The van der Waals surface area contributed by atoms with Crippen LogP contribution in [-0.2, 0) is 4.79 Å². The molecule has 1 fully saturated rings. The van der Waals surface area contributed by atoms with Crippen molar-refractivity contribution in [3.05, 3.63) is 12.1 Å². The lowest BCUT2D eigenvalue weighted by Crippen LogP contribution is -2.40.